The highest BCUT2D eigenvalue weighted by atomic mass is 19.4. The van der Waals surface area contributed by atoms with Crippen molar-refractivity contribution in [1.82, 2.24) is 0 Å². The Balaban J connectivity index is 2.11. The lowest BCUT2D eigenvalue weighted by atomic mass is 9.96. The summed E-state index contributed by atoms with van der Waals surface area (Å²) in [6.07, 6.45) is -4.35. The minimum atomic E-state index is -4.35. The number of rotatable bonds is 2. The second-order valence-corrected chi connectivity index (χ2v) is 5.18. The number of carbonyl (C=O) groups excluding carboxylic acids is 1. The fraction of sp³-hybridized carbons (Fsp3) is 0.0556. The summed E-state index contributed by atoms with van der Waals surface area (Å²) in [5.74, 6) is -0.521. The number of primary amides is 1. The van der Waals surface area contributed by atoms with Gasteiger partial charge in [0.2, 0.25) is 5.91 Å². The Kier molecular flexibility index (Phi) is 3.56. The molecule has 3 rings (SSSR count). The topological polar surface area (TPSA) is 43.1 Å². The van der Waals surface area contributed by atoms with Gasteiger partial charge < -0.3 is 5.73 Å². The molecule has 0 atom stereocenters. The lowest BCUT2D eigenvalue weighted by molar-refractivity contribution is -0.137. The molecule has 0 spiro atoms. The van der Waals surface area contributed by atoms with E-state index in [1.807, 2.05) is 12.1 Å². The smallest absolute Gasteiger partial charge is 0.366 e. The molecule has 1 amide bonds. The van der Waals surface area contributed by atoms with Crippen LogP contribution in [0.15, 0.2) is 60.7 Å². The molecule has 23 heavy (non-hydrogen) atoms. The number of nitrogens with two attached hydrogens (primary N) is 1. The molecular weight excluding hydrogens is 303 g/mol. The van der Waals surface area contributed by atoms with Gasteiger partial charge in [-0.2, -0.15) is 13.2 Å². The van der Waals surface area contributed by atoms with Crippen LogP contribution in [-0.4, -0.2) is 5.91 Å². The van der Waals surface area contributed by atoms with Crippen LogP contribution in [0.3, 0.4) is 0 Å². The Morgan fingerprint density at radius 1 is 0.913 bits per heavy atom. The molecule has 0 fully saturated rings. The Bertz CT molecular complexity index is 883. The van der Waals surface area contributed by atoms with Crippen LogP contribution >= 0.6 is 0 Å². The highest BCUT2D eigenvalue weighted by Crippen LogP contribution is 2.33. The third kappa shape index (κ3) is 2.90. The van der Waals surface area contributed by atoms with Crippen LogP contribution in [0, 0.1) is 0 Å². The summed E-state index contributed by atoms with van der Waals surface area (Å²) >= 11 is 0. The number of fused-ring (bicyclic) bond motifs is 1. The van der Waals surface area contributed by atoms with Crippen molar-refractivity contribution in [3.8, 4) is 11.1 Å². The zero-order chi connectivity index (χ0) is 16.6. The molecule has 5 heteroatoms. The maximum Gasteiger partial charge on any atom is 0.416 e. The molecule has 0 aliphatic carbocycles. The highest BCUT2D eigenvalue weighted by molar-refractivity contribution is 6.02. The average Bonchev–Trinajstić information content (AvgIpc) is 2.53. The average molecular weight is 315 g/mol. The van der Waals surface area contributed by atoms with E-state index >= 15 is 0 Å². The normalized spacial score (nSPS) is 11.6. The van der Waals surface area contributed by atoms with Crippen LogP contribution in [0.5, 0.6) is 0 Å². The van der Waals surface area contributed by atoms with Crippen LogP contribution in [0.25, 0.3) is 21.9 Å². The van der Waals surface area contributed by atoms with Crippen molar-refractivity contribution in [3.63, 3.8) is 0 Å². The third-order valence-corrected chi connectivity index (χ3v) is 3.69. The van der Waals surface area contributed by atoms with Crippen LogP contribution in [0.1, 0.15) is 15.9 Å². The number of carbonyl (C=O) groups is 1. The molecule has 0 radical (unpaired) electrons. The van der Waals surface area contributed by atoms with E-state index in [9.17, 15) is 18.0 Å². The van der Waals surface area contributed by atoms with E-state index in [1.165, 1.54) is 12.1 Å². The second-order valence-electron chi connectivity index (χ2n) is 5.18. The predicted octanol–water partition coefficient (Wildman–Crippen LogP) is 4.62. The Hall–Kier alpha value is -2.82. The van der Waals surface area contributed by atoms with Gasteiger partial charge in [0.05, 0.1) is 5.56 Å². The first-order valence-corrected chi connectivity index (χ1v) is 6.86. The molecule has 0 heterocycles. The SMILES string of the molecule is NC(=O)c1ccc2c(-c3ccc(C(F)(F)F)cc3)cccc2c1. The van der Waals surface area contributed by atoms with E-state index in [1.54, 1.807) is 24.3 Å². The number of halogens is 3. The monoisotopic (exact) mass is 315 g/mol. The lowest BCUT2D eigenvalue weighted by Crippen LogP contribution is -2.10. The number of hydrogen-bond acceptors (Lipinski definition) is 1. The summed E-state index contributed by atoms with van der Waals surface area (Å²) < 4.78 is 38.0. The summed E-state index contributed by atoms with van der Waals surface area (Å²) in [6.45, 7) is 0. The van der Waals surface area contributed by atoms with E-state index in [-0.39, 0.29) is 0 Å². The van der Waals surface area contributed by atoms with Gasteiger partial charge in [0.15, 0.2) is 0 Å². The Morgan fingerprint density at radius 3 is 2.22 bits per heavy atom. The number of alkyl halides is 3. The van der Waals surface area contributed by atoms with Crippen molar-refractivity contribution in [2.24, 2.45) is 5.73 Å². The van der Waals surface area contributed by atoms with Crippen molar-refractivity contribution < 1.29 is 18.0 Å². The van der Waals surface area contributed by atoms with Gasteiger partial charge in [-0.3, -0.25) is 4.79 Å². The molecular formula is C18H12F3NO. The maximum atomic E-state index is 12.7. The Labute approximate surface area is 130 Å². The van der Waals surface area contributed by atoms with Gasteiger partial charge in [0.1, 0.15) is 0 Å². The largest absolute Gasteiger partial charge is 0.416 e. The highest BCUT2D eigenvalue weighted by Gasteiger charge is 2.30. The molecule has 0 aliphatic rings. The third-order valence-electron chi connectivity index (χ3n) is 3.69. The second kappa shape index (κ2) is 5.43. The van der Waals surface area contributed by atoms with E-state index in [0.29, 0.717) is 11.1 Å². The standard InChI is InChI=1S/C18H12F3NO/c19-18(20,21)14-7-4-11(5-8-14)15-3-1-2-12-10-13(17(22)23)6-9-16(12)15/h1-10H,(H2,22,23). The van der Waals surface area contributed by atoms with Crippen LogP contribution in [0.2, 0.25) is 0 Å². The summed E-state index contributed by atoms with van der Waals surface area (Å²) in [5.41, 5.74) is 6.45. The van der Waals surface area contributed by atoms with Gasteiger partial charge in [0.25, 0.3) is 0 Å². The van der Waals surface area contributed by atoms with E-state index in [0.717, 1.165) is 28.5 Å². The minimum Gasteiger partial charge on any atom is -0.366 e. The quantitative estimate of drug-likeness (QED) is 0.736. The fourth-order valence-electron chi connectivity index (χ4n) is 2.53. The first-order chi connectivity index (χ1) is 10.9. The summed E-state index contributed by atoms with van der Waals surface area (Å²) in [6, 6.07) is 15.5. The molecule has 0 saturated carbocycles. The van der Waals surface area contributed by atoms with E-state index in [4.69, 9.17) is 5.73 Å². The lowest BCUT2D eigenvalue weighted by Gasteiger charge is -2.10. The van der Waals surface area contributed by atoms with Gasteiger partial charge in [-0.15, -0.1) is 0 Å². The van der Waals surface area contributed by atoms with Crippen molar-refractivity contribution >= 4 is 16.7 Å². The van der Waals surface area contributed by atoms with Crippen molar-refractivity contribution in [2.45, 2.75) is 6.18 Å². The van der Waals surface area contributed by atoms with Gasteiger partial charge in [-0.05, 0) is 46.2 Å². The molecule has 0 bridgehead atoms. The van der Waals surface area contributed by atoms with E-state index in [2.05, 4.69) is 0 Å². The zero-order valence-electron chi connectivity index (χ0n) is 11.9. The number of hydrogen-bond donors (Lipinski definition) is 1. The molecule has 116 valence electrons. The Morgan fingerprint density at radius 2 is 1.61 bits per heavy atom. The maximum absolute atomic E-state index is 12.7. The van der Waals surface area contributed by atoms with Crippen molar-refractivity contribution in [3.05, 3.63) is 71.8 Å². The molecule has 0 saturated heterocycles. The van der Waals surface area contributed by atoms with Crippen molar-refractivity contribution in [1.29, 1.82) is 0 Å². The predicted molar refractivity (Wildman–Crippen MR) is 82.9 cm³/mol. The zero-order valence-corrected chi connectivity index (χ0v) is 11.9. The molecule has 3 aromatic carbocycles. The first kappa shape index (κ1) is 15.1. The van der Waals surface area contributed by atoms with Gasteiger partial charge >= 0.3 is 6.18 Å². The molecule has 3 aromatic rings. The fourth-order valence-corrected chi connectivity index (χ4v) is 2.53. The van der Waals surface area contributed by atoms with Gasteiger partial charge in [-0.1, -0.05) is 36.4 Å². The number of amides is 1. The number of benzene rings is 3. The summed E-state index contributed by atoms with van der Waals surface area (Å²) in [4.78, 5) is 11.2. The summed E-state index contributed by atoms with van der Waals surface area (Å²) in [5, 5.41) is 1.65. The molecule has 0 unspecified atom stereocenters. The van der Waals surface area contributed by atoms with Gasteiger partial charge in [-0.25, -0.2) is 0 Å². The summed E-state index contributed by atoms with van der Waals surface area (Å²) in [7, 11) is 0. The minimum absolute atomic E-state index is 0.391. The van der Waals surface area contributed by atoms with Crippen molar-refractivity contribution in [2.75, 3.05) is 0 Å². The van der Waals surface area contributed by atoms with Crippen LogP contribution < -0.4 is 5.73 Å². The van der Waals surface area contributed by atoms with Gasteiger partial charge in [0, 0.05) is 5.56 Å². The molecule has 0 aromatic heterocycles. The molecule has 2 nitrogen and oxygen atoms in total. The molecule has 0 aliphatic heterocycles. The van der Waals surface area contributed by atoms with Crippen LogP contribution in [-0.2, 0) is 6.18 Å². The van der Waals surface area contributed by atoms with E-state index < -0.39 is 17.6 Å². The van der Waals surface area contributed by atoms with Crippen LogP contribution in [0.4, 0.5) is 13.2 Å². The first-order valence-electron chi connectivity index (χ1n) is 6.86. The molecule has 2 N–H and O–H groups in total.